The third kappa shape index (κ3) is 2.40. The lowest BCUT2D eigenvalue weighted by molar-refractivity contribution is 0.0850. The molecule has 0 aromatic heterocycles. The van der Waals surface area contributed by atoms with E-state index in [-0.39, 0.29) is 23.6 Å². The Morgan fingerprint density at radius 1 is 1.19 bits per heavy atom. The second-order valence-electron chi connectivity index (χ2n) is 2.91. The van der Waals surface area contributed by atoms with Crippen molar-refractivity contribution in [3.05, 3.63) is 23.3 Å². The van der Waals surface area contributed by atoms with Crippen LogP contribution in [0.3, 0.4) is 0 Å². The minimum Gasteiger partial charge on any atom is -0.493 e. The molecule has 0 spiro atoms. The van der Waals surface area contributed by atoms with Gasteiger partial charge < -0.3 is 14.3 Å². The van der Waals surface area contributed by atoms with Crippen molar-refractivity contribution in [2.24, 2.45) is 0 Å². The van der Waals surface area contributed by atoms with E-state index in [0.717, 1.165) is 6.07 Å². The first-order valence-corrected chi connectivity index (χ1v) is 4.50. The van der Waals surface area contributed by atoms with Crippen molar-refractivity contribution in [3.63, 3.8) is 0 Å². The van der Waals surface area contributed by atoms with Crippen LogP contribution in [0.2, 0.25) is 0 Å². The van der Waals surface area contributed by atoms with Gasteiger partial charge in [0.05, 0.1) is 33.4 Å². The molecule has 0 heterocycles. The average molecular weight is 233 g/mol. The van der Waals surface area contributed by atoms with E-state index < -0.39 is 11.6 Å². The first-order chi connectivity index (χ1) is 7.65. The molecule has 1 aromatic carbocycles. The van der Waals surface area contributed by atoms with Crippen molar-refractivity contribution < 1.29 is 23.1 Å². The van der Waals surface area contributed by atoms with Gasteiger partial charge in [-0.2, -0.15) is 5.48 Å². The zero-order chi connectivity index (χ0) is 12.1. The summed E-state index contributed by atoms with van der Waals surface area (Å²) in [5.41, 5.74) is 2.43. The van der Waals surface area contributed by atoms with E-state index in [9.17, 15) is 8.78 Å². The highest BCUT2D eigenvalue weighted by molar-refractivity contribution is 5.47. The summed E-state index contributed by atoms with van der Waals surface area (Å²) in [6.07, 6.45) is 0. The van der Waals surface area contributed by atoms with Gasteiger partial charge in [0.25, 0.3) is 0 Å². The Kier molecular flexibility index (Phi) is 4.45. The fourth-order valence-electron chi connectivity index (χ4n) is 1.31. The second-order valence-corrected chi connectivity index (χ2v) is 2.91. The highest BCUT2D eigenvalue weighted by Crippen LogP contribution is 2.34. The van der Waals surface area contributed by atoms with Gasteiger partial charge in [0, 0.05) is 6.07 Å². The van der Waals surface area contributed by atoms with Crippen LogP contribution in [0.4, 0.5) is 8.78 Å². The molecule has 0 saturated heterocycles. The van der Waals surface area contributed by atoms with Crippen LogP contribution in [0.25, 0.3) is 0 Å². The molecule has 0 aliphatic heterocycles. The highest BCUT2D eigenvalue weighted by atomic mass is 19.2. The van der Waals surface area contributed by atoms with E-state index in [2.05, 4.69) is 10.3 Å². The molecule has 0 aliphatic carbocycles. The first kappa shape index (κ1) is 12.7. The zero-order valence-corrected chi connectivity index (χ0v) is 9.27. The van der Waals surface area contributed by atoms with Gasteiger partial charge in [0.2, 0.25) is 0 Å². The molecule has 1 aromatic rings. The number of hydrogen-bond donors (Lipinski definition) is 1. The standard InChI is InChI=1S/C10H13F2NO3/c1-14-8-4-7(11)9(12)6(5-13-16-3)10(8)15-2/h4,13H,5H2,1-3H3. The maximum absolute atomic E-state index is 13.5. The Bertz CT molecular complexity index is 372. The summed E-state index contributed by atoms with van der Waals surface area (Å²) >= 11 is 0. The minimum absolute atomic E-state index is 0.0150. The van der Waals surface area contributed by atoms with Gasteiger partial charge in [-0.1, -0.05) is 0 Å². The van der Waals surface area contributed by atoms with Crippen LogP contribution in [0, 0.1) is 11.6 Å². The molecule has 90 valence electrons. The Labute approximate surface area is 92.1 Å². The maximum atomic E-state index is 13.5. The Morgan fingerprint density at radius 2 is 1.88 bits per heavy atom. The molecule has 0 bridgehead atoms. The van der Waals surface area contributed by atoms with E-state index in [0.29, 0.717) is 0 Å². The summed E-state index contributed by atoms with van der Waals surface area (Å²) in [5.74, 6) is -1.70. The van der Waals surface area contributed by atoms with E-state index >= 15 is 0 Å². The van der Waals surface area contributed by atoms with E-state index in [4.69, 9.17) is 9.47 Å². The van der Waals surface area contributed by atoms with Gasteiger partial charge in [0.15, 0.2) is 23.1 Å². The lowest BCUT2D eigenvalue weighted by Gasteiger charge is -2.14. The number of benzene rings is 1. The predicted molar refractivity (Wildman–Crippen MR) is 53.3 cm³/mol. The topological polar surface area (TPSA) is 39.7 Å². The number of methoxy groups -OCH3 is 2. The van der Waals surface area contributed by atoms with Gasteiger partial charge in [-0.3, -0.25) is 0 Å². The molecule has 0 atom stereocenters. The van der Waals surface area contributed by atoms with Crippen LogP contribution >= 0.6 is 0 Å². The predicted octanol–water partition coefficient (Wildman–Crippen LogP) is 1.63. The molecule has 0 aliphatic rings. The van der Waals surface area contributed by atoms with Crippen LogP contribution < -0.4 is 15.0 Å². The third-order valence-electron chi connectivity index (χ3n) is 2.05. The fourth-order valence-corrected chi connectivity index (χ4v) is 1.31. The van der Waals surface area contributed by atoms with Gasteiger partial charge >= 0.3 is 0 Å². The van der Waals surface area contributed by atoms with Gasteiger partial charge in [-0.15, -0.1) is 0 Å². The lowest BCUT2D eigenvalue weighted by atomic mass is 10.1. The van der Waals surface area contributed by atoms with Crippen molar-refractivity contribution in [3.8, 4) is 11.5 Å². The normalized spacial score (nSPS) is 10.3. The average Bonchev–Trinajstić information content (AvgIpc) is 2.30. The molecular weight excluding hydrogens is 220 g/mol. The molecule has 1 N–H and O–H groups in total. The van der Waals surface area contributed by atoms with Crippen molar-refractivity contribution in [2.45, 2.75) is 6.54 Å². The third-order valence-corrected chi connectivity index (χ3v) is 2.05. The highest BCUT2D eigenvalue weighted by Gasteiger charge is 2.19. The molecule has 6 heteroatoms. The molecule has 0 radical (unpaired) electrons. The van der Waals surface area contributed by atoms with Gasteiger partial charge in [-0.05, 0) is 0 Å². The summed E-state index contributed by atoms with van der Waals surface area (Å²) in [5, 5.41) is 0. The smallest absolute Gasteiger partial charge is 0.168 e. The van der Waals surface area contributed by atoms with Crippen molar-refractivity contribution in [1.82, 2.24) is 5.48 Å². The quantitative estimate of drug-likeness (QED) is 0.785. The first-order valence-electron chi connectivity index (χ1n) is 4.50. The largest absolute Gasteiger partial charge is 0.493 e. The Hall–Kier alpha value is -1.40. The van der Waals surface area contributed by atoms with Crippen LogP contribution in [0.5, 0.6) is 11.5 Å². The van der Waals surface area contributed by atoms with E-state index in [1.807, 2.05) is 0 Å². The zero-order valence-electron chi connectivity index (χ0n) is 9.27. The number of nitrogens with one attached hydrogen (secondary N) is 1. The summed E-state index contributed by atoms with van der Waals surface area (Å²) in [4.78, 5) is 4.58. The van der Waals surface area contributed by atoms with Crippen molar-refractivity contribution >= 4 is 0 Å². The second kappa shape index (κ2) is 5.62. The molecule has 4 nitrogen and oxygen atoms in total. The van der Waals surface area contributed by atoms with Crippen LogP contribution in [0.15, 0.2) is 6.07 Å². The molecular formula is C10H13F2NO3. The lowest BCUT2D eigenvalue weighted by Crippen LogP contribution is -2.14. The number of hydrogen-bond acceptors (Lipinski definition) is 4. The van der Waals surface area contributed by atoms with Crippen LogP contribution in [0.1, 0.15) is 5.56 Å². The van der Waals surface area contributed by atoms with Gasteiger partial charge in [-0.25, -0.2) is 8.78 Å². The SMILES string of the molecule is CONCc1c(F)c(F)cc(OC)c1OC. The van der Waals surface area contributed by atoms with E-state index in [1.54, 1.807) is 0 Å². The summed E-state index contributed by atoms with van der Waals surface area (Å²) in [7, 11) is 4.08. The Balaban J connectivity index is 3.23. The summed E-state index contributed by atoms with van der Waals surface area (Å²) in [6.45, 7) is -0.0281. The molecule has 0 unspecified atom stereocenters. The Morgan fingerprint density at radius 3 is 2.38 bits per heavy atom. The van der Waals surface area contributed by atoms with Crippen LogP contribution in [-0.2, 0) is 11.4 Å². The van der Waals surface area contributed by atoms with E-state index in [1.165, 1.54) is 21.3 Å². The molecule has 0 fully saturated rings. The minimum atomic E-state index is -0.995. The van der Waals surface area contributed by atoms with Crippen molar-refractivity contribution in [1.29, 1.82) is 0 Å². The monoisotopic (exact) mass is 233 g/mol. The van der Waals surface area contributed by atoms with Crippen molar-refractivity contribution in [2.75, 3.05) is 21.3 Å². The summed E-state index contributed by atoms with van der Waals surface area (Å²) < 4.78 is 36.5. The molecule has 0 saturated carbocycles. The number of ether oxygens (including phenoxy) is 2. The number of hydroxylamine groups is 1. The number of rotatable bonds is 5. The molecule has 0 amide bonds. The van der Waals surface area contributed by atoms with Gasteiger partial charge in [0.1, 0.15) is 0 Å². The number of halogens is 2. The molecule has 1 rings (SSSR count). The molecule has 16 heavy (non-hydrogen) atoms. The fraction of sp³-hybridized carbons (Fsp3) is 0.400. The van der Waals surface area contributed by atoms with Crippen LogP contribution in [-0.4, -0.2) is 21.3 Å². The maximum Gasteiger partial charge on any atom is 0.168 e. The summed E-state index contributed by atoms with van der Waals surface area (Å²) in [6, 6.07) is 0.935.